The van der Waals surface area contributed by atoms with Crippen molar-refractivity contribution in [2.75, 3.05) is 12.4 Å². The number of esters is 1. The van der Waals surface area contributed by atoms with Gasteiger partial charge in [-0.05, 0) is 6.92 Å². The number of carbonyl (C=O) groups excluding carboxylic acids is 1. The van der Waals surface area contributed by atoms with E-state index in [1.165, 1.54) is 12.5 Å². The van der Waals surface area contributed by atoms with Crippen LogP contribution in [0.3, 0.4) is 0 Å². The lowest BCUT2D eigenvalue weighted by Crippen LogP contribution is -2.43. The molecule has 10 heteroatoms. The first-order chi connectivity index (χ1) is 9.84. The molecule has 9 nitrogen and oxygen atoms in total. The van der Waals surface area contributed by atoms with Gasteiger partial charge in [-0.1, -0.05) is 0 Å². The molecule has 0 aliphatic heterocycles. The van der Waals surface area contributed by atoms with Crippen LogP contribution in [0.2, 0.25) is 0 Å². The topological polar surface area (TPSA) is 138 Å². The Morgan fingerprint density at radius 1 is 1.52 bits per heavy atom. The molecule has 1 heterocycles. The number of aromatic amines is 1. The Labute approximate surface area is 121 Å². The number of aliphatic carboxylic acids is 1. The van der Waals surface area contributed by atoms with Gasteiger partial charge in [0.2, 0.25) is 10.0 Å². The van der Waals surface area contributed by atoms with Crippen LogP contribution in [0, 0.1) is 0 Å². The fourth-order valence-electron chi connectivity index (χ4n) is 1.52. The molecule has 0 amide bonds. The molecular formula is C11H17N3O6S. The molecule has 0 bridgehead atoms. The maximum Gasteiger partial charge on any atom is 0.322 e. The van der Waals surface area contributed by atoms with Gasteiger partial charge in [0.15, 0.2) is 0 Å². The normalized spacial score (nSPS) is 12.8. The molecule has 1 atom stereocenters. The number of imidazole rings is 1. The van der Waals surface area contributed by atoms with Crippen LogP contribution < -0.4 is 4.72 Å². The number of H-pyrrole nitrogens is 1. The summed E-state index contributed by atoms with van der Waals surface area (Å²) in [6, 6.07) is -1.34. The zero-order valence-electron chi connectivity index (χ0n) is 11.4. The number of aromatic nitrogens is 2. The van der Waals surface area contributed by atoms with Gasteiger partial charge in [0.25, 0.3) is 0 Å². The summed E-state index contributed by atoms with van der Waals surface area (Å²) in [6.07, 6.45) is 2.36. The van der Waals surface area contributed by atoms with Crippen LogP contribution in [0.25, 0.3) is 0 Å². The van der Waals surface area contributed by atoms with E-state index in [0.717, 1.165) is 0 Å². The van der Waals surface area contributed by atoms with Crippen molar-refractivity contribution in [3.05, 3.63) is 18.2 Å². The van der Waals surface area contributed by atoms with Crippen molar-refractivity contribution in [2.24, 2.45) is 0 Å². The molecule has 0 unspecified atom stereocenters. The van der Waals surface area contributed by atoms with Crippen LogP contribution >= 0.6 is 0 Å². The van der Waals surface area contributed by atoms with Gasteiger partial charge in [0, 0.05) is 18.3 Å². The fourth-order valence-corrected chi connectivity index (χ4v) is 2.69. The quantitative estimate of drug-likeness (QED) is 0.510. The number of sulfonamides is 1. The van der Waals surface area contributed by atoms with Crippen molar-refractivity contribution >= 4 is 22.0 Å². The van der Waals surface area contributed by atoms with E-state index in [2.05, 4.69) is 14.7 Å². The molecule has 3 N–H and O–H groups in total. The van der Waals surface area contributed by atoms with Crippen LogP contribution in [-0.4, -0.2) is 53.8 Å². The van der Waals surface area contributed by atoms with Crippen LogP contribution in [0.4, 0.5) is 0 Å². The van der Waals surface area contributed by atoms with E-state index < -0.39 is 33.8 Å². The van der Waals surface area contributed by atoms with Crippen LogP contribution in [0.5, 0.6) is 0 Å². The molecule has 0 aliphatic rings. The minimum absolute atomic E-state index is 0.0754. The molecule has 0 spiro atoms. The van der Waals surface area contributed by atoms with Gasteiger partial charge in [0.05, 0.1) is 25.1 Å². The lowest BCUT2D eigenvalue weighted by molar-refractivity contribution is -0.142. The minimum Gasteiger partial charge on any atom is -0.480 e. The van der Waals surface area contributed by atoms with Gasteiger partial charge >= 0.3 is 11.9 Å². The highest BCUT2D eigenvalue weighted by Gasteiger charge is 2.25. The number of ether oxygens (including phenoxy) is 1. The second kappa shape index (κ2) is 7.74. The van der Waals surface area contributed by atoms with E-state index >= 15 is 0 Å². The van der Waals surface area contributed by atoms with Gasteiger partial charge < -0.3 is 14.8 Å². The van der Waals surface area contributed by atoms with E-state index in [1.54, 1.807) is 6.92 Å². The Kier molecular flexibility index (Phi) is 6.31. The van der Waals surface area contributed by atoms with Crippen LogP contribution in [0.1, 0.15) is 19.0 Å². The van der Waals surface area contributed by atoms with Crippen molar-refractivity contribution in [3.8, 4) is 0 Å². The van der Waals surface area contributed by atoms with Crippen molar-refractivity contribution in [2.45, 2.75) is 25.8 Å². The van der Waals surface area contributed by atoms with Crippen molar-refractivity contribution < 1.29 is 27.9 Å². The summed E-state index contributed by atoms with van der Waals surface area (Å²) in [5.41, 5.74) is 0.482. The molecule has 0 radical (unpaired) electrons. The van der Waals surface area contributed by atoms with E-state index in [0.29, 0.717) is 5.69 Å². The largest absolute Gasteiger partial charge is 0.480 e. The predicted octanol–water partition coefficient (Wildman–Crippen LogP) is -0.722. The Balaban J connectivity index is 2.60. The van der Waals surface area contributed by atoms with E-state index in [-0.39, 0.29) is 19.4 Å². The molecule has 1 aromatic rings. The zero-order valence-corrected chi connectivity index (χ0v) is 12.2. The van der Waals surface area contributed by atoms with Crippen molar-refractivity contribution in [1.29, 1.82) is 0 Å². The molecule has 21 heavy (non-hydrogen) atoms. The molecule has 1 aromatic heterocycles. The first-order valence-corrected chi connectivity index (χ1v) is 7.85. The molecule has 0 saturated heterocycles. The first kappa shape index (κ1) is 17.1. The fraction of sp³-hybridized carbons (Fsp3) is 0.545. The van der Waals surface area contributed by atoms with Gasteiger partial charge in [-0.25, -0.2) is 18.1 Å². The maximum absolute atomic E-state index is 11.8. The molecule has 0 aliphatic carbocycles. The SMILES string of the molecule is CCOC(=O)CCS(=O)(=O)N[C@@H](Cc1cnc[nH]1)C(=O)O. The monoisotopic (exact) mass is 319 g/mol. The summed E-state index contributed by atoms with van der Waals surface area (Å²) in [4.78, 5) is 28.6. The maximum atomic E-state index is 11.8. The lowest BCUT2D eigenvalue weighted by Gasteiger charge is -2.13. The zero-order chi connectivity index (χ0) is 15.9. The number of nitrogens with zero attached hydrogens (tertiary/aromatic N) is 1. The first-order valence-electron chi connectivity index (χ1n) is 6.19. The van der Waals surface area contributed by atoms with Crippen molar-refractivity contribution in [1.82, 2.24) is 14.7 Å². The molecule has 1 rings (SSSR count). The average Bonchev–Trinajstić information content (AvgIpc) is 2.89. The Morgan fingerprint density at radius 2 is 2.24 bits per heavy atom. The standard InChI is InChI=1S/C11H17N3O6S/c1-2-20-10(15)3-4-21(18,19)14-9(11(16)17)5-8-6-12-7-13-8/h6-7,9,14H,2-5H2,1H3,(H,12,13)(H,16,17)/t9-/m0/s1. The molecule has 0 aromatic carbocycles. The third-order valence-electron chi connectivity index (χ3n) is 2.48. The number of carboxylic acid groups (broad SMARTS) is 1. The number of carboxylic acids is 1. The Bertz CT molecular complexity index is 569. The highest BCUT2D eigenvalue weighted by Crippen LogP contribution is 2.02. The second-order valence-electron chi connectivity index (χ2n) is 4.16. The second-order valence-corrected chi connectivity index (χ2v) is 6.04. The highest BCUT2D eigenvalue weighted by molar-refractivity contribution is 7.89. The molecule has 0 fully saturated rings. The van der Waals surface area contributed by atoms with Crippen LogP contribution in [0.15, 0.2) is 12.5 Å². The van der Waals surface area contributed by atoms with Gasteiger partial charge in [0.1, 0.15) is 6.04 Å². The predicted molar refractivity (Wildman–Crippen MR) is 71.9 cm³/mol. The summed E-state index contributed by atoms with van der Waals surface area (Å²) >= 11 is 0. The number of nitrogens with one attached hydrogen (secondary N) is 2. The highest BCUT2D eigenvalue weighted by atomic mass is 32.2. The third-order valence-corrected chi connectivity index (χ3v) is 3.86. The number of hydrogen-bond donors (Lipinski definition) is 3. The third kappa shape index (κ3) is 6.36. The Hall–Kier alpha value is -1.94. The number of carbonyl (C=O) groups is 2. The van der Waals surface area contributed by atoms with E-state index in [1.807, 2.05) is 4.72 Å². The summed E-state index contributed by atoms with van der Waals surface area (Å²) in [5.74, 6) is -2.49. The molecular weight excluding hydrogens is 302 g/mol. The van der Waals surface area contributed by atoms with Gasteiger partial charge in [-0.15, -0.1) is 0 Å². The minimum atomic E-state index is -3.91. The molecule has 0 saturated carbocycles. The summed E-state index contributed by atoms with van der Waals surface area (Å²) < 4.78 is 30.2. The summed E-state index contributed by atoms with van der Waals surface area (Å²) in [7, 11) is -3.91. The smallest absolute Gasteiger partial charge is 0.322 e. The number of rotatable bonds is 9. The van der Waals surface area contributed by atoms with E-state index in [4.69, 9.17) is 5.11 Å². The van der Waals surface area contributed by atoms with Gasteiger partial charge in [-0.2, -0.15) is 0 Å². The van der Waals surface area contributed by atoms with Crippen molar-refractivity contribution in [3.63, 3.8) is 0 Å². The average molecular weight is 319 g/mol. The summed E-state index contributed by atoms with van der Waals surface area (Å²) in [5, 5.41) is 9.04. The van der Waals surface area contributed by atoms with Crippen LogP contribution in [-0.2, 0) is 30.8 Å². The summed E-state index contributed by atoms with van der Waals surface area (Å²) in [6.45, 7) is 1.76. The van der Waals surface area contributed by atoms with Gasteiger partial charge in [-0.3, -0.25) is 9.59 Å². The Morgan fingerprint density at radius 3 is 2.76 bits per heavy atom. The lowest BCUT2D eigenvalue weighted by atomic mass is 10.2. The van der Waals surface area contributed by atoms with E-state index in [9.17, 15) is 18.0 Å². The number of hydrogen-bond acceptors (Lipinski definition) is 6. The molecule has 118 valence electrons.